The Labute approximate surface area is 122 Å². The van der Waals surface area contributed by atoms with Crippen molar-refractivity contribution in [2.24, 2.45) is 0 Å². The molecule has 0 aromatic rings. The zero-order valence-corrected chi connectivity index (χ0v) is 13.1. The normalized spacial score (nSPS) is 26.9. The van der Waals surface area contributed by atoms with Crippen LogP contribution >= 0.6 is 0 Å². The number of nitrogens with zero attached hydrogens (tertiary/aromatic N) is 1. The van der Waals surface area contributed by atoms with Crippen molar-refractivity contribution in [2.45, 2.75) is 57.5 Å². The summed E-state index contributed by atoms with van der Waals surface area (Å²) in [6.45, 7) is 4.21. The number of amides is 2. The van der Waals surface area contributed by atoms with Gasteiger partial charge in [0.15, 0.2) is 0 Å². The summed E-state index contributed by atoms with van der Waals surface area (Å²) in [6.07, 6.45) is 4.05. The van der Waals surface area contributed by atoms with Crippen molar-refractivity contribution in [3.63, 3.8) is 0 Å². The summed E-state index contributed by atoms with van der Waals surface area (Å²) in [5, 5.41) is 2.97. The largest absolute Gasteiger partial charge is 0.340 e. The van der Waals surface area contributed by atoms with E-state index < -0.39 is 22.4 Å². The summed E-state index contributed by atoms with van der Waals surface area (Å²) in [5.41, 5.74) is -0.670. The summed E-state index contributed by atoms with van der Waals surface area (Å²) in [4.78, 5) is 26.7. The third-order valence-corrected chi connectivity index (χ3v) is 5.72. The molecule has 2 rings (SSSR count). The lowest BCUT2D eigenvalue weighted by Gasteiger charge is -2.44. The number of hydrogen-bond acceptors (Lipinski definition) is 3. The second kappa shape index (κ2) is 6.24. The van der Waals surface area contributed by atoms with E-state index in [0.29, 0.717) is 24.5 Å². The summed E-state index contributed by atoms with van der Waals surface area (Å²) in [7, 11) is -0.910. The Bertz CT molecular complexity index is 419. The van der Waals surface area contributed by atoms with E-state index in [1.807, 2.05) is 13.8 Å². The SMILES string of the molecule is CCC1C(=O)NC2(CCCC2)C(=O)N1CCS(=O)CC. The molecule has 0 aromatic heterocycles. The molecule has 2 fully saturated rings. The third-order valence-electron chi connectivity index (χ3n) is 4.44. The van der Waals surface area contributed by atoms with E-state index in [9.17, 15) is 13.8 Å². The quantitative estimate of drug-likeness (QED) is 0.817. The molecule has 0 bridgehead atoms. The molecule has 20 heavy (non-hydrogen) atoms. The molecule has 2 amide bonds. The molecule has 1 aliphatic heterocycles. The maximum absolute atomic E-state index is 12.8. The van der Waals surface area contributed by atoms with Crippen LogP contribution in [-0.2, 0) is 20.4 Å². The maximum atomic E-state index is 12.8. The lowest BCUT2D eigenvalue weighted by Crippen LogP contribution is -2.69. The van der Waals surface area contributed by atoms with Crippen LogP contribution in [0.1, 0.15) is 46.0 Å². The minimum Gasteiger partial charge on any atom is -0.340 e. The topological polar surface area (TPSA) is 66.5 Å². The van der Waals surface area contributed by atoms with Crippen LogP contribution in [0.3, 0.4) is 0 Å². The van der Waals surface area contributed by atoms with Gasteiger partial charge in [0.25, 0.3) is 0 Å². The van der Waals surface area contributed by atoms with E-state index in [1.165, 1.54) is 0 Å². The highest BCUT2D eigenvalue weighted by Crippen LogP contribution is 2.35. The molecule has 2 aliphatic rings. The first-order valence-electron chi connectivity index (χ1n) is 7.52. The lowest BCUT2D eigenvalue weighted by atomic mass is 9.90. The van der Waals surface area contributed by atoms with Crippen molar-refractivity contribution in [1.29, 1.82) is 0 Å². The van der Waals surface area contributed by atoms with Crippen LogP contribution in [0.15, 0.2) is 0 Å². The van der Waals surface area contributed by atoms with Gasteiger partial charge < -0.3 is 10.2 Å². The van der Waals surface area contributed by atoms with E-state index in [0.717, 1.165) is 25.7 Å². The van der Waals surface area contributed by atoms with E-state index >= 15 is 0 Å². The second-order valence-electron chi connectivity index (χ2n) is 5.63. The highest BCUT2D eigenvalue weighted by atomic mass is 32.2. The number of carbonyl (C=O) groups excluding carboxylic acids is 2. The smallest absolute Gasteiger partial charge is 0.249 e. The van der Waals surface area contributed by atoms with Gasteiger partial charge in [-0.3, -0.25) is 13.8 Å². The molecule has 5 nitrogen and oxygen atoms in total. The third kappa shape index (κ3) is 2.75. The fraction of sp³-hybridized carbons (Fsp3) is 0.857. The van der Waals surface area contributed by atoms with Crippen LogP contribution in [0.25, 0.3) is 0 Å². The fourth-order valence-corrected chi connectivity index (χ4v) is 3.94. The Kier molecular flexibility index (Phi) is 4.83. The predicted octanol–water partition coefficient (Wildman–Crippen LogP) is 0.805. The average Bonchev–Trinajstić information content (AvgIpc) is 2.90. The Hall–Kier alpha value is -0.910. The van der Waals surface area contributed by atoms with Gasteiger partial charge in [-0.2, -0.15) is 0 Å². The number of hydrogen-bond donors (Lipinski definition) is 1. The first kappa shape index (κ1) is 15.5. The van der Waals surface area contributed by atoms with Gasteiger partial charge in [0.2, 0.25) is 11.8 Å². The van der Waals surface area contributed by atoms with E-state index in [2.05, 4.69) is 5.32 Å². The van der Waals surface area contributed by atoms with Gasteiger partial charge in [0.1, 0.15) is 11.6 Å². The Morgan fingerprint density at radius 3 is 2.50 bits per heavy atom. The van der Waals surface area contributed by atoms with Crippen LogP contribution in [0.4, 0.5) is 0 Å². The van der Waals surface area contributed by atoms with Gasteiger partial charge in [-0.25, -0.2) is 0 Å². The molecule has 1 saturated carbocycles. The Morgan fingerprint density at radius 1 is 1.30 bits per heavy atom. The van der Waals surface area contributed by atoms with Crippen LogP contribution in [-0.4, -0.2) is 50.6 Å². The molecule has 1 saturated heterocycles. The molecular weight excluding hydrogens is 276 g/mol. The molecule has 6 heteroatoms. The van der Waals surface area contributed by atoms with Crippen LogP contribution in [0, 0.1) is 0 Å². The zero-order chi connectivity index (χ0) is 14.8. The maximum Gasteiger partial charge on any atom is 0.249 e. The predicted molar refractivity (Wildman–Crippen MR) is 78.7 cm³/mol. The van der Waals surface area contributed by atoms with E-state index in [-0.39, 0.29) is 11.8 Å². The van der Waals surface area contributed by atoms with Crippen molar-refractivity contribution in [3.05, 3.63) is 0 Å². The van der Waals surface area contributed by atoms with Gasteiger partial charge in [-0.05, 0) is 19.3 Å². The Morgan fingerprint density at radius 2 is 1.95 bits per heavy atom. The van der Waals surface area contributed by atoms with Crippen LogP contribution < -0.4 is 5.32 Å². The average molecular weight is 300 g/mol. The zero-order valence-electron chi connectivity index (χ0n) is 12.3. The minimum atomic E-state index is -0.910. The van der Waals surface area contributed by atoms with Gasteiger partial charge >= 0.3 is 0 Å². The van der Waals surface area contributed by atoms with Crippen LogP contribution in [0.2, 0.25) is 0 Å². The summed E-state index contributed by atoms with van der Waals surface area (Å²) < 4.78 is 11.6. The second-order valence-corrected chi connectivity index (χ2v) is 7.50. The highest BCUT2D eigenvalue weighted by Gasteiger charge is 2.51. The molecule has 1 spiro atoms. The Balaban J connectivity index is 2.17. The molecule has 1 N–H and O–H groups in total. The monoisotopic (exact) mass is 300 g/mol. The standard InChI is InChI=1S/C14H24N2O3S/c1-3-11-12(17)15-14(7-5-6-8-14)13(18)16(11)9-10-20(19)4-2/h11H,3-10H2,1-2H3,(H,15,17). The van der Waals surface area contributed by atoms with Crippen molar-refractivity contribution < 1.29 is 13.8 Å². The number of nitrogens with one attached hydrogen (secondary N) is 1. The summed E-state index contributed by atoms with van der Waals surface area (Å²) >= 11 is 0. The molecule has 2 unspecified atom stereocenters. The lowest BCUT2D eigenvalue weighted by molar-refractivity contribution is -0.154. The number of carbonyl (C=O) groups is 2. The van der Waals surface area contributed by atoms with Crippen molar-refractivity contribution >= 4 is 22.6 Å². The summed E-state index contributed by atoms with van der Waals surface area (Å²) in [6, 6.07) is -0.400. The summed E-state index contributed by atoms with van der Waals surface area (Å²) in [5.74, 6) is 1.05. The van der Waals surface area contributed by atoms with Crippen molar-refractivity contribution in [1.82, 2.24) is 10.2 Å². The first-order chi connectivity index (χ1) is 9.54. The highest BCUT2D eigenvalue weighted by molar-refractivity contribution is 7.84. The molecule has 2 atom stereocenters. The minimum absolute atomic E-state index is 0.0366. The molecule has 1 heterocycles. The molecule has 0 radical (unpaired) electrons. The van der Waals surface area contributed by atoms with E-state index in [1.54, 1.807) is 4.90 Å². The fourth-order valence-electron chi connectivity index (χ4n) is 3.26. The molecular formula is C14H24N2O3S. The van der Waals surface area contributed by atoms with Gasteiger partial charge in [0.05, 0.1) is 0 Å². The van der Waals surface area contributed by atoms with Gasteiger partial charge in [0, 0.05) is 28.9 Å². The van der Waals surface area contributed by atoms with Crippen molar-refractivity contribution in [3.8, 4) is 0 Å². The molecule has 1 aliphatic carbocycles. The first-order valence-corrected chi connectivity index (χ1v) is 9.01. The van der Waals surface area contributed by atoms with Gasteiger partial charge in [-0.15, -0.1) is 0 Å². The van der Waals surface area contributed by atoms with E-state index in [4.69, 9.17) is 0 Å². The van der Waals surface area contributed by atoms with Crippen molar-refractivity contribution in [2.75, 3.05) is 18.1 Å². The molecule has 114 valence electrons. The van der Waals surface area contributed by atoms with Crippen LogP contribution in [0.5, 0.6) is 0 Å². The number of piperazine rings is 1. The van der Waals surface area contributed by atoms with Gasteiger partial charge in [-0.1, -0.05) is 26.7 Å². The number of rotatable bonds is 5. The molecule has 0 aromatic carbocycles.